The van der Waals surface area contributed by atoms with Gasteiger partial charge in [0.05, 0.1) is 6.10 Å². The summed E-state index contributed by atoms with van der Waals surface area (Å²) in [5.41, 5.74) is 5.75. The zero-order valence-corrected chi connectivity index (χ0v) is 11.8. The van der Waals surface area contributed by atoms with Crippen molar-refractivity contribution in [2.24, 2.45) is 5.73 Å². The van der Waals surface area contributed by atoms with E-state index in [1.165, 1.54) is 20.8 Å². The third kappa shape index (κ3) is 4.17. The first kappa shape index (κ1) is 16.4. The largest absolute Gasteiger partial charge is 0.456 e. The van der Waals surface area contributed by atoms with Gasteiger partial charge in [-0.05, 0) is 6.92 Å². The Morgan fingerprint density at radius 1 is 0.850 bits per heavy atom. The van der Waals surface area contributed by atoms with E-state index in [0.717, 1.165) is 0 Å². The van der Waals surface area contributed by atoms with E-state index in [1.807, 2.05) is 0 Å². The smallest absolute Gasteiger partial charge is 0.303 e. The molecule has 0 radical (unpaired) electrons. The highest BCUT2D eigenvalue weighted by Gasteiger charge is 2.48. The van der Waals surface area contributed by atoms with Crippen molar-refractivity contribution in [1.82, 2.24) is 0 Å². The number of carbonyl (C=O) groups excluding carboxylic acids is 3. The highest BCUT2D eigenvalue weighted by atomic mass is 16.6. The van der Waals surface area contributed by atoms with Crippen LogP contribution in [0.15, 0.2) is 0 Å². The van der Waals surface area contributed by atoms with E-state index >= 15 is 0 Å². The minimum Gasteiger partial charge on any atom is -0.456 e. The van der Waals surface area contributed by atoms with Crippen molar-refractivity contribution in [1.29, 1.82) is 0 Å². The summed E-state index contributed by atoms with van der Waals surface area (Å²) in [6.07, 6.45) is -4.55. The van der Waals surface area contributed by atoms with E-state index < -0.39 is 48.6 Å². The van der Waals surface area contributed by atoms with Crippen LogP contribution in [0.5, 0.6) is 0 Å². The van der Waals surface area contributed by atoms with Crippen LogP contribution in [0.1, 0.15) is 27.7 Å². The second-order valence-electron chi connectivity index (χ2n) is 4.53. The van der Waals surface area contributed by atoms with Crippen LogP contribution in [0.25, 0.3) is 0 Å². The zero-order chi connectivity index (χ0) is 15.4. The Kier molecular flexibility index (Phi) is 5.46. The maximum absolute atomic E-state index is 11.2. The molecule has 0 aromatic heterocycles. The number of hydrogen-bond donors (Lipinski definition) is 1. The molecule has 20 heavy (non-hydrogen) atoms. The highest BCUT2D eigenvalue weighted by molar-refractivity contribution is 5.68. The van der Waals surface area contributed by atoms with Crippen LogP contribution in [0.2, 0.25) is 0 Å². The van der Waals surface area contributed by atoms with Crippen LogP contribution in [-0.2, 0) is 33.3 Å². The number of carbonyl (C=O) groups is 3. The molecule has 8 heteroatoms. The lowest BCUT2D eigenvalue weighted by Gasteiger charge is -2.42. The van der Waals surface area contributed by atoms with Gasteiger partial charge < -0.3 is 24.7 Å². The fraction of sp³-hybridized carbons (Fsp3) is 0.750. The van der Waals surface area contributed by atoms with Crippen molar-refractivity contribution >= 4 is 17.9 Å². The van der Waals surface area contributed by atoms with Gasteiger partial charge in [-0.1, -0.05) is 0 Å². The Morgan fingerprint density at radius 2 is 1.25 bits per heavy atom. The molecule has 1 fully saturated rings. The summed E-state index contributed by atoms with van der Waals surface area (Å²) in [6.45, 7) is 5.22. The second kappa shape index (κ2) is 6.67. The Hall–Kier alpha value is -1.67. The quantitative estimate of drug-likeness (QED) is 0.545. The molecule has 1 saturated heterocycles. The first-order chi connectivity index (χ1) is 9.22. The van der Waals surface area contributed by atoms with Crippen LogP contribution >= 0.6 is 0 Å². The van der Waals surface area contributed by atoms with E-state index in [0.29, 0.717) is 0 Å². The molecule has 0 saturated carbocycles. The van der Waals surface area contributed by atoms with E-state index in [4.69, 9.17) is 24.7 Å². The molecule has 2 N–H and O–H groups in total. The number of ether oxygens (including phenoxy) is 4. The lowest BCUT2D eigenvalue weighted by Crippen LogP contribution is -2.63. The van der Waals surface area contributed by atoms with Gasteiger partial charge in [0.15, 0.2) is 18.3 Å². The van der Waals surface area contributed by atoms with Crippen LogP contribution < -0.4 is 5.73 Å². The molecular formula is C12H19NO7. The van der Waals surface area contributed by atoms with Gasteiger partial charge in [0.2, 0.25) is 0 Å². The minimum atomic E-state index is -1.04. The van der Waals surface area contributed by atoms with Gasteiger partial charge >= 0.3 is 17.9 Å². The molecule has 0 spiro atoms. The fourth-order valence-electron chi connectivity index (χ4n) is 2.05. The van der Waals surface area contributed by atoms with E-state index in [1.54, 1.807) is 6.92 Å². The van der Waals surface area contributed by atoms with Crippen molar-refractivity contribution in [2.45, 2.75) is 58.3 Å². The molecular weight excluding hydrogens is 270 g/mol. The SMILES string of the molecule is CC(=O)O[C@@H]1[C@@H](OC(C)=O)[C@H](N)O[C@H](C)[C@H]1OC(C)=O. The van der Waals surface area contributed by atoms with Crippen LogP contribution in [-0.4, -0.2) is 48.6 Å². The average molecular weight is 289 g/mol. The predicted molar refractivity (Wildman–Crippen MR) is 65.2 cm³/mol. The maximum atomic E-state index is 11.2. The molecule has 0 aromatic carbocycles. The Labute approximate surface area is 116 Å². The molecule has 5 atom stereocenters. The molecule has 0 aromatic rings. The molecule has 1 aliphatic rings. The van der Waals surface area contributed by atoms with Gasteiger partial charge in [-0.3, -0.25) is 14.4 Å². The fourth-order valence-corrected chi connectivity index (χ4v) is 2.05. The summed E-state index contributed by atoms with van der Waals surface area (Å²) in [7, 11) is 0. The Bertz CT molecular complexity index is 369. The summed E-state index contributed by atoms with van der Waals surface area (Å²) in [4.78, 5) is 33.5. The van der Waals surface area contributed by atoms with Crippen molar-refractivity contribution < 1.29 is 33.3 Å². The van der Waals surface area contributed by atoms with Gasteiger partial charge in [0.1, 0.15) is 6.23 Å². The molecule has 0 aliphatic carbocycles. The Morgan fingerprint density at radius 3 is 1.70 bits per heavy atom. The van der Waals surface area contributed by atoms with Crippen molar-refractivity contribution in [2.75, 3.05) is 0 Å². The normalized spacial score (nSPS) is 33.1. The number of nitrogens with two attached hydrogens (primary N) is 1. The van der Waals surface area contributed by atoms with Crippen molar-refractivity contribution in [3.05, 3.63) is 0 Å². The minimum absolute atomic E-state index is 0.570. The van der Waals surface area contributed by atoms with Crippen LogP contribution in [0.4, 0.5) is 0 Å². The summed E-state index contributed by atoms with van der Waals surface area (Å²) < 4.78 is 20.6. The summed E-state index contributed by atoms with van der Waals surface area (Å²) in [5, 5.41) is 0. The molecule has 114 valence electrons. The third-order valence-electron chi connectivity index (χ3n) is 2.71. The highest BCUT2D eigenvalue weighted by Crippen LogP contribution is 2.26. The molecule has 1 heterocycles. The second-order valence-corrected chi connectivity index (χ2v) is 4.53. The third-order valence-corrected chi connectivity index (χ3v) is 2.71. The predicted octanol–water partition coefficient (Wildman–Crippen LogP) is -0.515. The van der Waals surface area contributed by atoms with Gasteiger partial charge in [0.25, 0.3) is 0 Å². The molecule has 0 unspecified atom stereocenters. The topological polar surface area (TPSA) is 114 Å². The average Bonchev–Trinajstić information content (AvgIpc) is 2.27. The summed E-state index contributed by atoms with van der Waals surface area (Å²) in [6, 6.07) is 0. The molecule has 1 aliphatic heterocycles. The van der Waals surface area contributed by atoms with Crippen molar-refractivity contribution in [3.63, 3.8) is 0 Å². The standard InChI is InChI=1S/C12H19NO7/c1-5-9(18-6(2)14)10(19-7(3)15)11(12(13)17-5)20-8(4)16/h5,9-12H,13H2,1-4H3/t5-,9-,10+,11-,12-/m1/s1. The van der Waals surface area contributed by atoms with Crippen molar-refractivity contribution in [3.8, 4) is 0 Å². The van der Waals surface area contributed by atoms with Gasteiger partial charge in [-0.15, -0.1) is 0 Å². The van der Waals surface area contributed by atoms with E-state index in [9.17, 15) is 14.4 Å². The Balaban J connectivity index is 3.01. The lowest BCUT2D eigenvalue weighted by molar-refractivity contribution is -0.242. The molecule has 8 nitrogen and oxygen atoms in total. The first-order valence-electron chi connectivity index (χ1n) is 6.15. The molecule has 1 rings (SSSR count). The number of esters is 3. The zero-order valence-electron chi connectivity index (χ0n) is 11.8. The molecule has 0 amide bonds. The van der Waals surface area contributed by atoms with Gasteiger partial charge in [-0.2, -0.15) is 0 Å². The summed E-state index contributed by atoms with van der Waals surface area (Å²) >= 11 is 0. The monoisotopic (exact) mass is 289 g/mol. The maximum Gasteiger partial charge on any atom is 0.303 e. The summed E-state index contributed by atoms with van der Waals surface area (Å²) in [5.74, 6) is -1.78. The van der Waals surface area contributed by atoms with E-state index in [2.05, 4.69) is 0 Å². The lowest BCUT2D eigenvalue weighted by atomic mass is 9.98. The van der Waals surface area contributed by atoms with Crippen LogP contribution in [0.3, 0.4) is 0 Å². The van der Waals surface area contributed by atoms with Crippen LogP contribution in [0, 0.1) is 0 Å². The van der Waals surface area contributed by atoms with Gasteiger partial charge in [-0.25, -0.2) is 0 Å². The van der Waals surface area contributed by atoms with E-state index in [-0.39, 0.29) is 0 Å². The van der Waals surface area contributed by atoms with Gasteiger partial charge in [0, 0.05) is 20.8 Å². The molecule has 0 bridgehead atoms. The number of hydrogen-bond acceptors (Lipinski definition) is 8. The first-order valence-corrected chi connectivity index (χ1v) is 6.15. The number of rotatable bonds is 3.